The third kappa shape index (κ3) is 3.24. The van der Waals surface area contributed by atoms with Gasteiger partial charge in [0.25, 0.3) is 0 Å². The van der Waals surface area contributed by atoms with Crippen molar-refractivity contribution in [3.8, 4) is 17.2 Å². The second kappa shape index (κ2) is 7.18. The number of carbonyl (C=O) groups excluding carboxylic acids is 1. The summed E-state index contributed by atoms with van der Waals surface area (Å²) in [6, 6.07) is 16.4. The minimum absolute atomic E-state index is 0.241. The van der Waals surface area contributed by atoms with Crippen molar-refractivity contribution in [3.63, 3.8) is 0 Å². The number of carboxylic acids is 1. The summed E-state index contributed by atoms with van der Waals surface area (Å²) in [7, 11) is 0. The summed E-state index contributed by atoms with van der Waals surface area (Å²) < 4.78 is 0. The fourth-order valence-electron chi connectivity index (χ4n) is 3.34. The number of nitriles is 1. The van der Waals surface area contributed by atoms with Crippen LogP contribution in [-0.2, 0) is 9.59 Å². The Morgan fingerprint density at radius 2 is 1.64 bits per heavy atom. The van der Waals surface area contributed by atoms with Crippen LogP contribution in [0.1, 0.15) is 36.3 Å². The normalized spacial score (nSPS) is 13.4. The van der Waals surface area contributed by atoms with E-state index in [1.807, 2.05) is 54.6 Å². The van der Waals surface area contributed by atoms with E-state index in [4.69, 9.17) is 5.26 Å². The maximum Gasteiger partial charge on any atom is 0.326 e. The number of fused-ring (bicyclic) bond motifs is 3. The van der Waals surface area contributed by atoms with Gasteiger partial charge in [0.1, 0.15) is 6.04 Å². The number of hydrogen-bond acceptors (Lipinski definition) is 3. The Labute approximate surface area is 145 Å². The van der Waals surface area contributed by atoms with Crippen LogP contribution in [0.2, 0.25) is 0 Å². The Bertz CT molecular complexity index is 809. The molecule has 0 saturated heterocycles. The highest BCUT2D eigenvalue weighted by atomic mass is 16.4. The van der Waals surface area contributed by atoms with E-state index in [0.29, 0.717) is 6.42 Å². The average Bonchev–Trinajstić information content (AvgIpc) is 2.95. The highest BCUT2D eigenvalue weighted by Crippen LogP contribution is 2.44. The Hall–Kier alpha value is -3.13. The third-order valence-corrected chi connectivity index (χ3v) is 4.49. The predicted molar refractivity (Wildman–Crippen MR) is 92.8 cm³/mol. The van der Waals surface area contributed by atoms with Crippen LogP contribution >= 0.6 is 0 Å². The topological polar surface area (TPSA) is 90.2 Å². The van der Waals surface area contributed by atoms with Crippen molar-refractivity contribution in [2.45, 2.75) is 31.2 Å². The molecule has 5 heteroatoms. The second-order valence-corrected chi connectivity index (χ2v) is 6.06. The largest absolute Gasteiger partial charge is 0.480 e. The summed E-state index contributed by atoms with van der Waals surface area (Å²) in [6.07, 6.45) is 0.949. The smallest absolute Gasteiger partial charge is 0.326 e. The van der Waals surface area contributed by atoms with Crippen molar-refractivity contribution in [1.29, 1.82) is 5.26 Å². The lowest BCUT2D eigenvalue weighted by molar-refractivity contribution is -0.142. The molecule has 0 heterocycles. The lowest BCUT2D eigenvalue weighted by Gasteiger charge is -2.18. The number of unbranched alkanes of at least 4 members (excludes halogenated alkanes) is 1. The van der Waals surface area contributed by atoms with E-state index >= 15 is 0 Å². The van der Waals surface area contributed by atoms with Crippen molar-refractivity contribution in [2.75, 3.05) is 0 Å². The molecular formula is C20H18N2O3. The summed E-state index contributed by atoms with van der Waals surface area (Å²) in [6.45, 7) is 0. The predicted octanol–water partition coefficient (Wildman–Crippen LogP) is 3.06. The first-order valence-electron chi connectivity index (χ1n) is 8.22. The van der Waals surface area contributed by atoms with Gasteiger partial charge >= 0.3 is 5.97 Å². The summed E-state index contributed by atoms with van der Waals surface area (Å²) in [5.41, 5.74) is 3.80. The number of benzene rings is 2. The van der Waals surface area contributed by atoms with Gasteiger partial charge < -0.3 is 10.4 Å². The first-order valence-corrected chi connectivity index (χ1v) is 8.22. The molecular weight excluding hydrogens is 316 g/mol. The molecule has 0 saturated carbocycles. The molecule has 5 nitrogen and oxygen atoms in total. The van der Waals surface area contributed by atoms with Gasteiger partial charge in [-0.2, -0.15) is 5.26 Å². The molecule has 0 radical (unpaired) electrons. The number of nitrogens with zero attached hydrogens (tertiary/aromatic N) is 1. The number of nitrogens with one attached hydrogen (secondary N) is 1. The van der Waals surface area contributed by atoms with E-state index in [-0.39, 0.29) is 18.7 Å². The molecule has 2 aromatic rings. The van der Waals surface area contributed by atoms with Crippen molar-refractivity contribution in [3.05, 3.63) is 59.7 Å². The first-order chi connectivity index (χ1) is 12.1. The molecule has 0 aromatic heterocycles. The summed E-state index contributed by atoms with van der Waals surface area (Å²) in [5, 5.41) is 20.6. The van der Waals surface area contributed by atoms with Crippen molar-refractivity contribution >= 4 is 11.9 Å². The van der Waals surface area contributed by atoms with Gasteiger partial charge in [0.15, 0.2) is 0 Å². The lowest BCUT2D eigenvalue weighted by Crippen LogP contribution is -2.43. The molecule has 1 aliphatic carbocycles. The zero-order chi connectivity index (χ0) is 17.8. The highest BCUT2D eigenvalue weighted by Gasteiger charge is 2.35. The van der Waals surface area contributed by atoms with Crippen LogP contribution in [0.4, 0.5) is 0 Å². The number of amides is 1. The maximum absolute atomic E-state index is 12.9. The molecule has 1 amide bonds. The third-order valence-electron chi connectivity index (χ3n) is 4.49. The maximum atomic E-state index is 12.9. The van der Waals surface area contributed by atoms with Crippen LogP contribution in [0, 0.1) is 11.3 Å². The Morgan fingerprint density at radius 3 is 2.16 bits per heavy atom. The summed E-state index contributed by atoms with van der Waals surface area (Å²) in [5.74, 6) is -1.90. The molecule has 1 atom stereocenters. The Balaban J connectivity index is 1.87. The van der Waals surface area contributed by atoms with Gasteiger partial charge in [0.2, 0.25) is 5.91 Å². The van der Waals surface area contributed by atoms with Crippen molar-refractivity contribution < 1.29 is 14.7 Å². The van der Waals surface area contributed by atoms with Gasteiger partial charge in [-0.05, 0) is 35.1 Å². The molecule has 0 bridgehead atoms. The molecule has 0 aliphatic heterocycles. The van der Waals surface area contributed by atoms with Crippen molar-refractivity contribution in [2.24, 2.45) is 0 Å². The SMILES string of the molecule is N#CCCC[C@H](NC(=O)C1c2ccccc2-c2ccccc21)C(=O)O. The van der Waals surface area contributed by atoms with Crippen LogP contribution in [0.3, 0.4) is 0 Å². The van der Waals surface area contributed by atoms with Gasteiger partial charge in [0.05, 0.1) is 12.0 Å². The van der Waals surface area contributed by atoms with E-state index in [1.165, 1.54) is 0 Å². The summed E-state index contributed by atoms with van der Waals surface area (Å²) in [4.78, 5) is 24.3. The summed E-state index contributed by atoms with van der Waals surface area (Å²) >= 11 is 0. The van der Waals surface area contributed by atoms with Gasteiger partial charge in [-0.1, -0.05) is 48.5 Å². The number of aliphatic carboxylic acids is 1. The number of carboxylic acid groups (broad SMARTS) is 1. The average molecular weight is 334 g/mol. The number of rotatable bonds is 6. The quantitative estimate of drug-likeness (QED) is 0.794. The molecule has 126 valence electrons. The molecule has 0 spiro atoms. The van der Waals surface area contributed by atoms with Crippen LogP contribution in [0.15, 0.2) is 48.5 Å². The molecule has 1 aliphatic rings. The van der Waals surface area contributed by atoms with Crippen LogP contribution in [0.25, 0.3) is 11.1 Å². The van der Waals surface area contributed by atoms with Crippen LogP contribution < -0.4 is 5.32 Å². The van der Waals surface area contributed by atoms with Crippen LogP contribution in [-0.4, -0.2) is 23.0 Å². The van der Waals surface area contributed by atoms with E-state index in [9.17, 15) is 14.7 Å². The van der Waals surface area contributed by atoms with Crippen LogP contribution in [0.5, 0.6) is 0 Å². The first kappa shape index (κ1) is 16.7. The van der Waals surface area contributed by atoms with E-state index in [2.05, 4.69) is 5.32 Å². The molecule has 25 heavy (non-hydrogen) atoms. The van der Waals surface area contributed by atoms with Gasteiger partial charge in [-0.25, -0.2) is 4.79 Å². The molecule has 0 unspecified atom stereocenters. The minimum atomic E-state index is -1.08. The number of carbonyl (C=O) groups is 2. The fraction of sp³-hybridized carbons (Fsp3) is 0.250. The lowest BCUT2D eigenvalue weighted by atomic mass is 9.95. The second-order valence-electron chi connectivity index (χ2n) is 6.06. The fourth-order valence-corrected chi connectivity index (χ4v) is 3.34. The molecule has 2 N–H and O–H groups in total. The molecule has 0 fully saturated rings. The highest BCUT2D eigenvalue weighted by molar-refractivity contribution is 5.97. The van der Waals surface area contributed by atoms with Gasteiger partial charge in [-0.3, -0.25) is 4.79 Å². The standard InChI is InChI=1S/C20H18N2O3/c21-12-6-5-11-17(20(24)25)22-19(23)18-15-9-3-1-7-13(15)14-8-2-4-10-16(14)18/h1-4,7-10,17-18H,5-6,11H2,(H,22,23)(H,24,25)/t17-/m0/s1. The Kier molecular flexibility index (Phi) is 4.80. The monoisotopic (exact) mass is 334 g/mol. The minimum Gasteiger partial charge on any atom is -0.480 e. The van der Waals surface area contributed by atoms with E-state index < -0.39 is 17.9 Å². The zero-order valence-electron chi connectivity index (χ0n) is 13.6. The van der Waals surface area contributed by atoms with Crippen molar-refractivity contribution in [1.82, 2.24) is 5.32 Å². The van der Waals surface area contributed by atoms with Gasteiger partial charge in [-0.15, -0.1) is 0 Å². The van der Waals surface area contributed by atoms with Gasteiger partial charge in [0, 0.05) is 6.42 Å². The zero-order valence-corrected chi connectivity index (χ0v) is 13.6. The Morgan fingerprint density at radius 1 is 1.08 bits per heavy atom. The van der Waals surface area contributed by atoms with E-state index in [0.717, 1.165) is 22.3 Å². The van der Waals surface area contributed by atoms with E-state index in [1.54, 1.807) is 0 Å². The molecule has 2 aromatic carbocycles. The number of hydrogen-bond donors (Lipinski definition) is 2. The molecule has 3 rings (SSSR count).